The van der Waals surface area contributed by atoms with Crippen LogP contribution in [0, 0.1) is 11.8 Å². The molecule has 0 radical (unpaired) electrons. The van der Waals surface area contributed by atoms with Gasteiger partial charge in [-0.1, -0.05) is 0 Å². The van der Waals surface area contributed by atoms with E-state index in [-0.39, 0.29) is 5.92 Å². The number of nitrogens with zero attached hydrogens (tertiary/aromatic N) is 1. The Morgan fingerprint density at radius 3 is 2.68 bits per heavy atom. The SMILES string of the molecule is O=C(C1CCOCC1)N1CCCC1C1CCCNC1. The van der Waals surface area contributed by atoms with Crippen LogP contribution >= 0.6 is 0 Å². The summed E-state index contributed by atoms with van der Waals surface area (Å²) in [6.07, 6.45) is 6.79. The second-order valence-electron chi connectivity index (χ2n) is 6.23. The molecule has 0 aliphatic carbocycles. The maximum atomic E-state index is 12.7. The van der Waals surface area contributed by atoms with Gasteiger partial charge in [0.15, 0.2) is 0 Å². The van der Waals surface area contributed by atoms with E-state index in [9.17, 15) is 4.79 Å². The van der Waals surface area contributed by atoms with Gasteiger partial charge < -0.3 is 15.0 Å². The molecule has 3 aliphatic heterocycles. The number of hydrogen-bond acceptors (Lipinski definition) is 3. The van der Waals surface area contributed by atoms with Crippen molar-refractivity contribution in [3.63, 3.8) is 0 Å². The van der Waals surface area contributed by atoms with Crippen molar-refractivity contribution < 1.29 is 9.53 Å². The molecule has 3 aliphatic rings. The molecule has 3 saturated heterocycles. The maximum Gasteiger partial charge on any atom is 0.226 e. The summed E-state index contributed by atoms with van der Waals surface area (Å²) in [4.78, 5) is 14.9. The quantitative estimate of drug-likeness (QED) is 0.821. The fourth-order valence-electron chi connectivity index (χ4n) is 3.94. The molecule has 4 nitrogen and oxygen atoms in total. The molecule has 0 aromatic rings. The van der Waals surface area contributed by atoms with Gasteiger partial charge in [0.25, 0.3) is 0 Å². The van der Waals surface area contributed by atoms with Gasteiger partial charge in [0.1, 0.15) is 0 Å². The molecule has 0 aromatic heterocycles. The number of nitrogens with one attached hydrogen (secondary N) is 1. The van der Waals surface area contributed by atoms with Crippen LogP contribution in [0.15, 0.2) is 0 Å². The van der Waals surface area contributed by atoms with E-state index in [2.05, 4.69) is 10.2 Å². The third-order valence-electron chi connectivity index (χ3n) is 5.03. The predicted molar refractivity (Wildman–Crippen MR) is 73.9 cm³/mol. The smallest absolute Gasteiger partial charge is 0.226 e. The molecule has 0 saturated carbocycles. The molecule has 108 valence electrons. The normalized spacial score (nSPS) is 33.6. The largest absolute Gasteiger partial charge is 0.381 e. The first-order valence-corrected chi connectivity index (χ1v) is 7.95. The Morgan fingerprint density at radius 2 is 1.95 bits per heavy atom. The van der Waals surface area contributed by atoms with Crippen molar-refractivity contribution in [1.29, 1.82) is 0 Å². The molecule has 2 atom stereocenters. The van der Waals surface area contributed by atoms with Crippen LogP contribution in [0.3, 0.4) is 0 Å². The number of ether oxygens (including phenoxy) is 1. The molecule has 0 bridgehead atoms. The summed E-state index contributed by atoms with van der Waals surface area (Å²) in [5, 5.41) is 3.49. The summed E-state index contributed by atoms with van der Waals surface area (Å²) in [6, 6.07) is 0.503. The summed E-state index contributed by atoms with van der Waals surface area (Å²) < 4.78 is 5.37. The van der Waals surface area contributed by atoms with Crippen LogP contribution in [0.2, 0.25) is 0 Å². The van der Waals surface area contributed by atoms with E-state index in [4.69, 9.17) is 4.74 Å². The van der Waals surface area contributed by atoms with Crippen molar-refractivity contribution in [3.8, 4) is 0 Å². The van der Waals surface area contributed by atoms with Crippen molar-refractivity contribution in [3.05, 3.63) is 0 Å². The monoisotopic (exact) mass is 266 g/mol. The molecule has 3 heterocycles. The zero-order valence-electron chi connectivity index (χ0n) is 11.8. The Bertz CT molecular complexity index is 309. The van der Waals surface area contributed by atoms with Gasteiger partial charge in [0.05, 0.1) is 0 Å². The van der Waals surface area contributed by atoms with Gasteiger partial charge in [-0.2, -0.15) is 0 Å². The summed E-state index contributed by atoms with van der Waals surface area (Å²) in [7, 11) is 0. The number of amides is 1. The Kier molecular flexibility index (Phi) is 4.38. The van der Waals surface area contributed by atoms with E-state index in [0.29, 0.717) is 17.9 Å². The molecule has 4 heteroatoms. The van der Waals surface area contributed by atoms with Crippen molar-refractivity contribution in [2.75, 3.05) is 32.8 Å². The second kappa shape index (κ2) is 6.23. The predicted octanol–water partition coefficient (Wildman–Crippen LogP) is 1.40. The van der Waals surface area contributed by atoms with E-state index in [1.807, 2.05) is 0 Å². The lowest BCUT2D eigenvalue weighted by molar-refractivity contribution is -0.140. The Labute approximate surface area is 115 Å². The summed E-state index contributed by atoms with van der Waals surface area (Å²) in [5.74, 6) is 1.32. The number of carbonyl (C=O) groups is 1. The third kappa shape index (κ3) is 2.95. The lowest BCUT2D eigenvalue weighted by Gasteiger charge is -2.36. The summed E-state index contributed by atoms with van der Waals surface area (Å²) in [5.41, 5.74) is 0. The zero-order chi connectivity index (χ0) is 13.1. The highest BCUT2D eigenvalue weighted by Gasteiger charge is 2.37. The molecule has 0 aromatic carbocycles. The van der Waals surface area contributed by atoms with Gasteiger partial charge in [0.2, 0.25) is 5.91 Å². The molecule has 1 N–H and O–H groups in total. The second-order valence-corrected chi connectivity index (χ2v) is 6.23. The van der Waals surface area contributed by atoms with E-state index < -0.39 is 0 Å². The van der Waals surface area contributed by atoms with E-state index in [1.54, 1.807) is 0 Å². The summed E-state index contributed by atoms with van der Waals surface area (Å²) >= 11 is 0. The Hall–Kier alpha value is -0.610. The fraction of sp³-hybridized carbons (Fsp3) is 0.933. The average Bonchev–Trinajstić information content (AvgIpc) is 2.98. The van der Waals surface area contributed by atoms with Crippen LogP contribution in [0.4, 0.5) is 0 Å². The first kappa shape index (κ1) is 13.4. The molecule has 0 spiro atoms. The first-order valence-electron chi connectivity index (χ1n) is 7.95. The molecule has 3 fully saturated rings. The van der Waals surface area contributed by atoms with Gasteiger partial charge in [0, 0.05) is 31.7 Å². The van der Waals surface area contributed by atoms with Crippen LogP contribution in [0.1, 0.15) is 38.5 Å². The van der Waals surface area contributed by atoms with E-state index in [1.165, 1.54) is 25.7 Å². The number of carbonyl (C=O) groups excluding carboxylic acids is 1. The van der Waals surface area contributed by atoms with Crippen molar-refractivity contribution >= 4 is 5.91 Å². The average molecular weight is 266 g/mol. The van der Waals surface area contributed by atoms with Gasteiger partial charge >= 0.3 is 0 Å². The Balaban J connectivity index is 1.62. The number of likely N-dealkylation sites (tertiary alicyclic amines) is 1. The van der Waals surface area contributed by atoms with Crippen molar-refractivity contribution in [1.82, 2.24) is 10.2 Å². The van der Waals surface area contributed by atoms with Crippen molar-refractivity contribution in [2.45, 2.75) is 44.6 Å². The standard InChI is InChI=1S/C15H26N2O2/c18-15(12-5-9-19-10-6-12)17-8-2-4-14(17)13-3-1-7-16-11-13/h12-14,16H,1-11H2. The lowest BCUT2D eigenvalue weighted by atomic mass is 9.89. The zero-order valence-corrected chi connectivity index (χ0v) is 11.8. The molecule has 19 heavy (non-hydrogen) atoms. The van der Waals surface area contributed by atoms with Gasteiger partial charge in [-0.25, -0.2) is 0 Å². The first-order chi connectivity index (χ1) is 9.36. The summed E-state index contributed by atoms with van der Waals surface area (Å²) in [6.45, 7) is 4.76. The lowest BCUT2D eigenvalue weighted by Crippen LogP contribution is -2.48. The van der Waals surface area contributed by atoms with Crippen LogP contribution in [-0.2, 0) is 9.53 Å². The minimum atomic E-state index is 0.228. The van der Waals surface area contributed by atoms with Crippen molar-refractivity contribution in [2.24, 2.45) is 11.8 Å². The number of hydrogen-bond donors (Lipinski definition) is 1. The molecule has 1 amide bonds. The minimum absolute atomic E-state index is 0.228. The van der Waals surface area contributed by atoms with Crippen LogP contribution < -0.4 is 5.32 Å². The third-order valence-corrected chi connectivity index (χ3v) is 5.03. The highest BCUT2D eigenvalue weighted by atomic mass is 16.5. The van der Waals surface area contributed by atoms with Gasteiger partial charge in [-0.15, -0.1) is 0 Å². The highest BCUT2D eigenvalue weighted by molar-refractivity contribution is 5.79. The molecule has 2 unspecified atom stereocenters. The van der Waals surface area contributed by atoms with Gasteiger partial charge in [-0.3, -0.25) is 4.79 Å². The van der Waals surface area contributed by atoms with E-state index in [0.717, 1.165) is 45.7 Å². The minimum Gasteiger partial charge on any atom is -0.381 e. The maximum absolute atomic E-state index is 12.7. The van der Waals surface area contributed by atoms with Crippen LogP contribution in [-0.4, -0.2) is 49.7 Å². The van der Waals surface area contributed by atoms with Gasteiger partial charge in [-0.05, 0) is 57.5 Å². The topological polar surface area (TPSA) is 41.6 Å². The molecule has 3 rings (SSSR count). The van der Waals surface area contributed by atoms with E-state index >= 15 is 0 Å². The highest BCUT2D eigenvalue weighted by Crippen LogP contribution is 2.31. The molecular weight excluding hydrogens is 240 g/mol. The number of rotatable bonds is 2. The van der Waals surface area contributed by atoms with Crippen LogP contribution in [0.25, 0.3) is 0 Å². The molecular formula is C15H26N2O2. The van der Waals surface area contributed by atoms with Crippen LogP contribution in [0.5, 0.6) is 0 Å². The number of piperidine rings is 1. The Morgan fingerprint density at radius 1 is 1.11 bits per heavy atom. The fourth-order valence-corrected chi connectivity index (χ4v) is 3.94.